The summed E-state index contributed by atoms with van der Waals surface area (Å²) >= 11 is 3.42. The maximum absolute atomic E-state index is 4.15. The Balaban J connectivity index is 2.09. The first kappa shape index (κ1) is 12.1. The monoisotopic (exact) mass is 290 g/mol. The lowest BCUT2D eigenvalue weighted by molar-refractivity contribution is 1.10. The van der Waals surface area contributed by atoms with Crippen LogP contribution in [0.25, 0.3) is 0 Å². The maximum atomic E-state index is 4.15. The number of nitrogens with one attached hydrogen (secondary N) is 1. The van der Waals surface area contributed by atoms with E-state index in [9.17, 15) is 0 Å². The van der Waals surface area contributed by atoms with E-state index < -0.39 is 0 Å². The zero-order valence-electron chi connectivity index (χ0n) is 10.00. The van der Waals surface area contributed by atoms with Crippen LogP contribution in [0.1, 0.15) is 16.7 Å². The van der Waals surface area contributed by atoms with Crippen molar-refractivity contribution in [1.29, 1.82) is 0 Å². The van der Waals surface area contributed by atoms with Gasteiger partial charge in [-0.1, -0.05) is 12.1 Å². The minimum absolute atomic E-state index is 0.788. The van der Waals surface area contributed by atoms with Gasteiger partial charge in [-0.15, -0.1) is 0 Å². The van der Waals surface area contributed by atoms with Crippen LogP contribution in [0.2, 0.25) is 0 Å². The number of halogens is 1. The van der Waals surface area contributed by atoms with Crippen molar-refractivity contribution in [3.63, 3.8) is 0 Å². The zero-order chi connectivity index (χ0) is 12.3. The van der Waals surface area contributed by atoms with Crippen LogP contribution in [-0.4, -0.2) is 4.98 Å². The fraction of sp³-hybridized carbons (Fsp3) is 0.214. The van der Waals surface area contributed by atoms with Gasteiger partial charge < -0.3 is 5.32 Å². The van der Waals surface area contributed by atoms with E-state index in [0.717, 1.165) is 11.0 Å². The second kappa shape index (κ2) is 5.32. The predicted molar refractivity (Wildman–Crippen MR) is 75.2 cm³/mol. The summed E-state index contributed by atoms with van der Waals surface area (Å²) in [6.45, 7) is 5.00. The fourth-order valence-electron chi connectivity index (χ4n) is 1.68. The Morgan fingerprint density at radius 3 is 2.76 bits per heavy atom. The van der Waals surface area contributed by atoms with Crippen LogP contribution in [0.3, 0.4) is 0 Å². The van der Waals surface area contributed by atoms with E-state index in [0.29, 0.717) is 0 Å². The van der Waals surface area contributed by atoms with Crippen molar-refractivity contribution in [3.8, 4) is 0 Å². The molecule has 0 bridgehead atoms. The van der Waals surface area contributed by atoms with E-state index >= 15 is 0 Å². The smallest absolute Gasteiger partial charge is 0.0416 e. The third-order valence-corrected chi connectivity index (χ3v) is 3.07. The van der Waals surface area contributed by atoms with Gasteiger partial charge in [0.1, 0.15) is 0 Å². The van der Waals surface area contributed by atoms with E-state index in [2.05, 4.69) is 64.3 Å². The second-order valence-corrected chi connectivity index (χ2v) is 5.10. The molecular formula is C14H15BrN2. The topological polar surface area (TPSA) is 24.9 Å². The number of benzene rings is 1. The van der Waals surface area contributed by atoms with Crippen LogP contribution < -0.4 is 5.32 Å². The highest BCUT2D eigenvalue weighted by Crippen LogP contribution is 2.18. The SMILES string of the molecule is Cc1ccc(C)c(NCc2cncc(Br)c2)c1. The Labute approximate surface area is 110 Å². The van der Waals surface area contributed by atoms with Crippen LogP contribution in [0, 0.1) is 13.8 Å². The first-order chi connectivity index (χ1) is 8.15. The molecule has 1 N–H and O–H groups in total. The number of hydrogen-bond donors (Lipinski definition) is 1. The molecule has 1 aromatic carbocycles. The molecule has 0 aliphatic carbocycles. The summed E-state index contributed by atoms with van der Waals surface area (Å²) in [5, 5.41) is 3.44. The molecule has 88 valence electrons. The average molecular weight is 291 g/mol. The van der Waals surface area contributed by atoms with E-state index in [1.54, 1.807) is 6.20 Å². The zero-order valence-corrected chi connectivity index (χ0v) is 11.6. The van der Waals surface area contributed by atoms with Gasteiger partial charge in [0.25, 0.3) is 0 Å². The molecule has 3 heteroatoms. The average Bonchev–Trinajstić information content (AvgIpc) is 2.30. The van der Waals surface area contributed by atoms with Crippen LogP contribution >= 0.6 is 15.9 Å². The minimum Gasteiger partial charge on any atom is -0.381 e. The van der Waals surface area contributed by atoms with E-state index in [4.69, 9.17) is 0 Å². The van der Waals surface area contributed by atoms with Gasteiger partial charge in [-0.05, 0) is 58.6 Å². The summed E-state index contributed by atoms with van der Waals surface area (Å²) in [4.78, 5) is 4.15. The van der Waals surface area contributed by atoms with Gasteiger partial charge in [-0.25, -0.2) is 0 Å². The van der Waals surface area contributed by atoms with Crippen LogP contribution in [-0.2, 0) is 6.54 Å². The molecule has 17 heavy (non-hydrogen) atoms. The summed E-state index contributed by atoms with van der Waals surface area (Å²) in [6.07, 6.45) is 3.67. The molecule has 0 unspecified atom stereocenters. The Kier molecular flexibility index (Phi) is 3.79. The van der Waals surface area contributed by atoms with Gasteiger partial charge in [0.2, 0.25) is 0 Å². The first-order valence-electron chi connectivity index (χ1n) is 5.56. The summed E-state index contributed by atoms with van der Waals surface area (Å²) in [6, 6.07) is 8.50. The predicted octanol–water partition coefficient (Wildman–Crippen LogP) is 4.07. The lowest BCUT2D eigenvalue weighted by Gasteiger charge is -2.10. The number of aryl methyl sites for hydroxylation is 2. The van der Waals surface area contributed by atoms with Crippen molar-refractivity contribution < 1.29 is 0 Å². The molecule has 0 saturated heterocycles. The number of nitrogens with zero attached hydrogens (tertiary/aromatic N) is 1. The third-order valence-electron chi connectivity index (χ3n) is 2.64. The van der Waals surface area contributed by atoms with Crippen molar-refractivity contribution in [2.45, 2.75) is 20.4 Å². The molecule has 0 atom stereocenters. The third kappa shape index (κ3) is 3.30. The molecule has 1 heterocycles. The molecule has 0 fully saturated rings. The normalized spacial score (nSPS) is 10.3. The summed E-state index contributed by atoms with van der Waals surface area (Å²) in [5.41, 5.74) is 4.88. The second-order valence-electron chi connectivity index (χ2n) is 4.18. The van der Waals surface area contributed by atoms with Crippen molar-refractivity contribution in [2.24, 2.45) is 0 Å². The lowest BCUT2D eigenvalue weighted by atomic mass is 10.1. The van der Waals surface area contributed by atoms with Crippen molar-refractivity contribution in [3.05, 3.63) is 57.8 Å². The summed E-state index contributed by atoms with van der Waals surface area (Å²) in [7, 11) is 0. The molecule has 0 saturated carbocycles. The number of hydrogen-bond acceptors (Lipinski definition) is 2. The van der Waals surface area contributed by atoms with Crippen molar-refractivity contribution in [2.75, 3.05) is 5.32 Å². The van der Waals surface area contributed by atoms with E-state index in [1.807, 2.05) is 6.20 Å². The van der Waals surface area contributed by atoms with E-state index in [-0.39, 0.29) is 0 Å². The summed E-state index contributed by atoms with van der Waals surface area (Å²) in [5.74, 6) is 0. The highest BCUT2D eigenvalue weighted by molar-refractivity contribution is 9.10. The van der Waals surface area contributed by atoms with E-state index in [1.165, 1.54) is 22.4 Å². The van der Waals surface area contributed by atoms with Crippen molar-refractivity contribution in [1.82, 2.24) is 4.98 Å². The van der Waals surface area contributed by atoms with Gasteiger partial charge >= 0.3 is 0 Å². The molecule has 0 aliphatic rings. The van der Waals surface area contributed by atoms with Gasteiger partial charge in [0.05, 0.1) is 0 Å². The van der Waals surface area contributed by atoms with Gasteiger partial charge in [0, 0.05) is 29.1 Å². The maximum Gasteiger partial charge on any atom is 0.0416 e. The Morgan fingerprint density at radius 1 is 1.18 bits per heavy atom. The van der Waals surface area contributed by atoms with Gasteiger partial charge in [-0.3, -0.25) is 4.98 Å². The minimum atomic E-state index is 0.788. The van der Waals surface area contributed by atoms with Crippen molar-refractivity contribution >= 4 is 21.6 Å². The van der Waals surface area contributed by atoms with Crippen LogP contribution in [0.5, 0.6) is 0 Å². The Bertz CT molecular complexity index is 523. The highest BCUT2D eigenvalue weighted by Gasteiger charge is 1.99. The largest absolute Gasteiger partial charge is 0.381 e. The highest BCUT2D eigenvalue weighted by atomic mass is 79.9. The molecule has 0 amide bonds. The quantitative estimate of drug-likeness (QED) is 0.922. The Hall–Kier alpha value is -1.35. The number of anilines is 1. The standard InChI is InChI=1S/C14H15BrN2/c1-10-3-4-11(2)14(5-10)17-8-12-6-13(15)9-16-7-12/h3-7,9,17H,8H2,1-2H3. The number of aromatic nitrogens is 1. The van der Waals surface area contributed by atoms with Crippen LogP contribution in [0.4, 0.5) is 5.69 Å². The number of rotatable bonds is 3. The lowest BCUT2D eigenvalue weighted by Crippen LogP contribution is -2.01. The molecule has 2 aromatic rings. The molecule has 2 rings (SSSR count). The van der Waals surface area contributed by atoms with Gasteiger partial charge in [0.15, 0.2) is 0 Å². The van der Waals surface area contributed by atoms with Gasteiger partial charge in [-0.2, -0.15) is 0 Å². The first-order valence-corrected chi connectivity index (χ1v) is 6.35. The molecule has 2 nitrogen and oxygen atoms in total. The summed E-state index contributed by atoms with van der Waals surface area (Å²) < 4.78 is 1.01. The molecule has 1 aromatic heterocycles. The molecule has 0 spiro atoms. The number of pyridine rings is 1. The molecular weight excluding hydrogens is 276 g/mol. The fourth-order valence-corrected chi connectivity index (χ4v) is 2.09. The Morgan fingerprint density at radius 2 is 2.00 bits per heavy atom. The molecule has 0 aliphatic heterocycles. The molecule has 0 radical (unpaired) electrons. The van der Waals surface area contributed by atoms with Crippen LogP contribution in [0.15, 0.2) is 41.1 Å².